The summed E-state index contributed by atoms with van der Waals surface area (Å²) < 4.78 is 47.3. The predicted molar refractivity (Wildman–Crippen MR) is 113 cm³/mol. The van der Waals surface area contributed by atoms with Crippen LogP contribution in [0.15, 0.2) is 28.0 Å². The van der Waals surface area contributed by atoms with Crippen LogP contribution in [0.25, 0.3) is 21.8 Å². The van der Waals surface area contributed by atoms with Crippen molar-refractivity contribution in [1.82, 2.24) is 14.3 Å². The summed E-state index contributed by atoms with van der Waals surface area (Å²) in [7, 11) is -4.31. The lowest BCUT2D eigenvalue weighted by Gasteiger charge is -2.25. The molecule has 0 spiro atoms. The van der Waals surface area contributed by atoms with Crippen LogP contribution in [0.4, 0.5) is 4.39 Å². The van der Waals surface area contributed by atoms with Gasteiger partial charge in [0.25, 0.3) is 5.56 Å². The van der Waals surface area contributed by atoms with E-state index >= 15 is 0 Å². The van der Waals surface area contributed by atoms with E-state index in [1.54, 1.807) is 13.8 Å². The number of pyridine rings is 1. The van der Waals surface area contributed by atoms with Gasteiger partial charge in [0.05, 0.1) is 24.3 Å². The van der Waals surface area contributed by atoms with Gasteiger partial charge in [-0.15, -0.1) is 0 Å². The average Bonchev–Trinajstić information content (AvgIpc) is 3.15. The van der Waals surface area contributed by atoms with E-state index in [2.05, 4.69) is 9.97 Å². The number of aromatic nitrogens is 2. The van der Waals surface area contributed by atoms with Crippen LogP contribution in [0, 0.1) is 5.82 Å². The lowest BCUT2D eigenvalue weighted by Crippen LogP contribution is -2.39. The van der Waals surface area contributed by atoms with Crippen molar-refractivity contribution in [3.05, 3.63) is 40.1 Å². The highest BCUT2D eigenvalue weighted by Gasteiger charge is 2.30. The SMILES string of the molecule is CCCOC(=O)c1c[nH]c2c(=O)[nH]c3cc(F)c(S(=O)(=O)N(CCO)C(C)C)cc3c12. The maximum Gasteiger partial charge on any atom is 0.340 e. The van der Waals surface area contributed by atoms with Crippen LogP contribution in [0.1, 0.15) is 37.6 Å². The zero-order valence-electron chi connectivity index (χ0n) is 17.4. The van der Waals surface area contributed by atoms with Crippen molar-refractivity contribution in [3.63, 3.8) is 0 Å². The summed E-state index contributed by atoms with van der Waals surface area (Å²) in [5.41, 5.74) is -0.458. The van der Waals surface area contributed by atoms with Gasteiger partial charge < -0.3 is 19.8 Å². The molecule has 2 heterocycles. The zero-order chi connectivity index (χ0) is 22.9. The highest BCUT2D eigenvalue weighted by Crippen LogP contribution is 2.30. The maximum atomic E-state index is 14.9. The topological polar surface area (TPSA) is 133 Å². The van der Waals surface area contributed by atoms with E-state index in [-0.39, 0.29) is 40.5 Å². The van der Waals surface area contributed by atoms with E-state index < -0.39 is 44.9 Å². The third-order valence-corrected chi connectivity index (χ3v) is 6.93. The minimum atomic E-state index is -4.31. The van der Waals surface area contributed by atoms with E-state index in [1.807, 2.05) is 6.92 Å². The number of H-pyrrole nitrogens is 2. The minimum Gasteiger partial charge on any atom is -0.462 e. The molecule has 0 aliphatic carbocycles. The van der Waals surface area contributed by atoms with Gasteiger partial charge in [-0.05, 0) is 32.4 Å². The molecule has 3 N–H and O–H groups in total. The Kier molecular flexibility index (Phi) is 6.48. The number of carbonyl (C=O) groups is 1. The number of carbonyl (C=O) groups excluding carboxylic acids is 1. The van der Waals surface area contributed by atoms with Gasteiger partial charge in [-0.3, -0.25) is 4.79 Å². The maximum absolute atomic E-state index is 14.9. The standard InChI is InChI=1S/C20H24FN3O6S/c1-4-7-30-20(27)13-10-22-18-17(13)12-8-16(14(21)9-15(12)23-19(18)26)31(28,29)24(5-6-25)11(2)3/h8-11,22,25H,4-7H2,1-3H3,(H,23,26). The van der Waals surface area contributed by atoms with Gasteiger partial charge in [-0.1, -0.05) is 6.92 Å². The molecular weight excluding hydrogens is 429 g/mol. The molecule has 9 nitrogen and oxygen atoms in total. The fourth-order valence-corrected chi connectivity index (χ4v) is 5.14. The molecule has 3 aromatic rings. The molecule has 11 heteroatoms. The number of esters is 1. The predicted octanol–water partition coefficient (Wildman–Crippen LogP) is 2.11. The van der Waals surface area contributed by atoms with Crippen LogP contribution in [0.5, 0.6) is 0 Å². The molecule has 3 rings (SSSR count). The second-order valence-corrected chi connectivity index (χ2v) is 9.16. The number of hydrogen-bond donors (Lipinski definition) is 3. The van der Waals surface area contributed by atoms with Crippen LogP contribution >= 0.6 is 0 Å². The summed E-state index contributed by atoms with van der Waals surface area (Å²) in [5, 5.41) is 9.58. The summed E-state index contributed by atoms with van der Waals surface area (Å²) >= 11 is 0. The third kappa shape index (κ3) is 4.08. The number of aliphatic hydroxyl groups is 1. The molecule has 0 radical (unpaired) electrons. The number of hydrogen-bond acceptors (Lipinski definition) is 6. The Bertz CT molecular complexity index is 1300. The molecular formula is C20H24FN3O6S. The van der Waals surface area contributed by atoms with Crippen LogP contribution in [-0.2, 0) is 14.8 Å². The summed E-state index contributed by atoms with van der Waals surface area (Å²) in [6.45, 7) is 4.57. The monoisotopic (exact) mass is 453 g/mol. The van der Waals surface area contributed by atoms with E-state index in [1.165, 1.54) is 6.20 Å². The number of fused-ring (bicyclic) bond motifs is 3. The lowest BCUT2D eigenvalue weighted by atomic mass is 10.1. The quantitative estimate of drug-likeness (QED) is 0.448. The number of rotatable bonds is 8. The van der Waals surface area contributed by atoms with Crippen molar-refractivity contribution < 1.29 is 27.4 Å². The Morgan fingerprint density at radius 3 is 2.65 bits per heavy atom. The van der Waals surface area contributed by atoms with Crippen LogP contribution < -0.4 is 5.56 Å². The van der Waals surface area contributed by atoms with Gasteiger partial charge in [0, 0.05) is 29.6 Å². The zero-order valence-corrected chi connectivity index (χ0v) is 18.2. The van der Waals surface area contributed by atoms with Gasteiger partial charge in [0.2, 0.25) is 10.0 Å². The van der Waals surface area contributed by atoms with E-state index in [9.17, 15) is 27.5 Å². The number of ether oxygens (including phenoxy) is 1. The summed E-state index contributed by atoms with van der Waals surface area (Å²) in [6, 6.07) is 1.47. The number of sulfonamides is 1. The second kappa shape index (κ2) is 8.77. The number of nitrogens with one attached hydrogen (secondary N) is 2. The van der Waals surface area contributed by atoms with Crippen molar-refractivity contribution in [2.75, 3.05) is 19.8 Å². The number of halogens is 1. The molecule has 0 saturated heterocycles. The third-order valence-electron chi connectivity index (χ3n) is 4.84. The first-order valence-electron chi connectivity index (χ1n) is 9.79. The highest BCUT2D eigenvalue weighted by molar-refractivity contribution is 7.89. The van der Waals surface area contributed by atoms with E-state index in [4.69, 9.17) is 4.74 Å². The normalized spacial score (nSPS) is 12.4. The molecule has 0 bridgehead atoms. The van der Waals surface area contributed by atoms with Crippen molar-refractivity contribution in [1.29, 1.82) is 0 Å². The molecule has 0 amide bonds. The van der Waals surface area contributed by atoms with Gasteiger partial charge in [0.15, 0.2) is 0 Å². The Balaban J connectivity index is 2.32. The summed E-state index contributed by atoms with van der Waals surface area (Å²) in [5.74, 6) is -1.74. The fourth-order valence-electron chi connectivity index (χ4n) is 3.44. The second-order valence-electron chi connectivity index (χ2n) is 7.30. The molecule has 0 atom stereocenters. The number of nitrogens with zero attached hydrogens (tertiary/aromatic N) is 1. The Hall–Kier alpha value is -2.76. The largest absolute Gasteiger partial charge is 0.462 e. The molecule has 0 unspecified atom stereocenters. The van der Waals surface area contributed by atoms with Crippen LogP contribution in [-0.4, -0.2) is 59.6 Å². The molecule has 0 aliphatic heterocycles. The number of benzene rings is 1. The molecule has 1 aromatic carbocycles. The molecule has 168 valence electrons. The molecule has 2 aromatic heterocycles. The Morgan fingerprint density at radius 2 is 2.03 bits per heavy atom. The molecule has 0 aliphatic rings. The summed E-state index contributed by atoms with van der Waals surface area (Å²) in [4.78, 5) is 29.5. The number of aliphatic hydroxyl groups excluding tert-OH is 1. The van der Waals surface area contributed by atoms with Gasteiger partial charge in [0.1, 0.15) is 16.2 Å². The van der Waals surface area contributed by atoms with Gasteiger partial charge in [-0.25, -0.2) is 17.6 Å². The number of aromatic amines is 2. The Morgan fingerprint density at radius 1 is 1.32 bits per heavy atom. The van der Waals surface area contributed by atoms with Crippen LogP contribution in [0.2, 0.25) is 0 Å². The van der Waals surface area contributed by atoms with Crippen molar-refractivity contribution in [3.8, 4) is 0 Å². The van der Waals surface area contributed by atoms with Crippen molar-refractivity contribution >= 4 is 37.8 Å². The highest BCUT2D eigenvalue weighted by atomic mass is 32.2. The van der Waals surface area contributed by atoms with Crippen LogP contribution in [0.3, 0.4) is 0 Å². The minimum absolute atomic E-state index is 0.0383. The van der Waals surface area contributed by atoms with Crippen molar-refractivity contribution in [2.45, 2.75) is 38.1 Å². The first-order valence-corrected chi connectivity index (χ1v) is 11.2. The van der Waals surface area contributed by atoms with Gasteiger partial charge >= 0.3 is 5.97 Å². The lowest BCUT2D eigenvalue weighted by molar-refractivity contribution is 0.0507. The average molecular weight is 453 g/mol. The summed E-state index contributed by atoms with van der Waals surface area (Å²) in [6.07, 6.45) is 1.90. The first kappa shape index (κ1) is 22.9. The van der Waals surface area contributed by atoms with E-state index in [0.29, 0.717) is 6.42 Å². The molecule has 0 saturated carbocycles. The molecule has 31 heavy (non-hydrogen) atoms. The first-order chi connectivity index (χ1) is 14.6. The molecule has 0 fully saturated rings. The van der Waals surface area contributed by atoms with E-state index in [0.717, 1.165) is 16.4 Å². The fraction of sp³-hybridized carbons (Fsp3) is 0.400. The van der Waals surface area contributed by atoms with Gasteiger partial charge in [-0.2, -0.15) is 4.31 Å². The van der Waals surface area contributed by atoms with Crippen molar-refractivity contribution in [2.24, 2.45) is 0 Å². The smallest absolute Gasteiger partial charge is 0.340 e. The Labute approximate surface area is 177 Å².